The third-order valence-corrected chi connectivity index (χ3v) is 4.03. The fraction of sp³-hybridized carbons (Fsp3) is 0.278. The average Bonchev–Trinajstić information content (AvgIpc) is 2.55. The fourth-order valence-corrected chi connectivity index (χ4v) is 2.58. The van der Waals surface area contributed by atoms with Crippen molar-refractivity contribution in [2.75, 3.05) is 20.6 Å². The Labute approximate surface area is 141 Å². The first-order valence-electron chi connectivity index (χ1n) is 7.78. The van der Waals surface area contributed by atoms with Crippen LogP contribution in [0.1, 0.15) is 27.5 Å². The summed E-state index contributed by atoms with van der Waals surface area (Å²) in [5, 5.41) is 13.9. The number of amides is 1. The monoisotopic (exact) mass is 328 g/mol. The molecule has 6 heteroatoms. The molecule has 0 aliphatic rings. The van der Waals surface area contributed by atoms with Gasteiger partial charge in [0.25, 0.3) is 11.6 Å². The summed E-state index contributed by atoms with van der Waals surface area (Å²) in [5.74, 6) is -0.305. The third kappa shape index (κ3) is 4.17. The van der Waals surface area contributed by atoms with Crippen molar-refractivity contribution in [3.05, 3.63) is 75.3 Å². The van der Waals surface area contributed by atoms with Gasteiger partial charge >= 0.3 is 0 Å². The number of nitro benzene ring substituents is 1. The molecule has 0 fully saturated rings. The van der Waals surface area contributed by atoms with Gasteiger partial charge in [-0.2, -0.15) is 0 Å². The van der Waals surface area contributed by atoms with Gasteiger partial charge in [0.1, 0.15) is 6.04 Å². The number of aryl methyl sites for hydroxylation is 1. The number of quaternary nitrogens is 1. The molecular weight excluding hydrogens is 306 g/mol. The highest BCUT2D eigenvalue weighted by Gasteiger charge is 2.20. The highest BCUT2D eigenvalue weighted by Crippen LogP contribution is 2.19. The number of nitrogens with zero attached hydrogens (tertiary/aromatic N) is 1. The molecule has 0 saturated heterocycles. The van der Waals surface area contributed by atoms with Crippen molar-refractivity contribution in [3.8, 4) is 0 Å². The Morgan fingerprint density at radius 1 is 1.21 bits per heavy atom. The van der Waals surface area contributed by atoms with E-state index >= 15 is 0 Å². The standard InChI is InChI=1S/C18H21N3O3/c1-13-9-10-15(11-16(13)21(23)24)18(22)19-12-17(20(2)3)14-7-5-4-6-8-14/h4-11,17H,12H2,1-3H3,(H,19,22)/p+1/t17-/m1/s1. The first-order valence-corrected chi connectivity index (χ1v) is 7.78. The zero-order valence-electron chi connectivity index (χ0n) is 14.1. The quantitative estimate of drug-likeness (QED) is 0.623. The predicted molar refractivity (Wildman–Crippen MR) is 92.2 cm³/mol. The molecule has 0 radical (unpaired) electrons. The number of carbonyl (C=O) groups is 1. The molecule has 0 aromatic heterocycles. The van der Waals surface area contributed by atoms with Gasteiger partial charge in [-0.15, -0.1) is 0 Å². The van der Waals surface area contributed by atoms with Crippen LogP contribution in [0.2, 0.25) is 0 Å². The summed E-state index contributed by atoms with van der Waals surface area (Å²) in [6, 6.07) is 14.6. The summed E-state index contributed by atoms with van der Waals surface area (Å²) >= 11 is 0. The second kappa shape index (κ2) is 7.70. The van der Waals surface area contributed by atoms with Gasteiger partial charge in [0.05, 0.1) is 25.6 Å². The number of nitro groups is 1. The number of hydrogen-bond acceptors (Lipinski definition) is 3. The van der Waals surface area contributed by atoms with Crippen LogP contribution in [0.25, 0.3) is 0 Å². The molecule has 1 atom stereocenters. The molecule has 2 aromatic carbocycles. The van der Waals surface area contributed by atoms with E-state index in [1.165, 1.54) is 11.0 Å². The molecule has 2 N–H and O–H groups in total. The highest BCUT2D eigenvalue weighted by atomic mass is 16.6. The van der Waals surface area contributed by atoms with Gasteiger partial charge in [-0.3, -0.25) is 14.9 Å². The van der Waals surface area contributed by atoms with Crippen LogP contribution in [-0.4, -0.2) is 31.5 Å². The molecule has 0 spiro atoms. The second-order valence-corrected chi connectivity index (χ2v) is 6.01. The van der Waals surface area contributed by atoms with Crippen LogP contribution in [0.4, 0.5) is 5.69 Å². The van der Waals surface area contributed by atoms with Crippen molar-refractivity contribution in [2.45, 2.75) is 13.0 Å². The van der Waals surface area contributed by atoms with E-state index in [9.17, 15) is 14.9 Å². The van der Waals surface area contributed by atoms with E-state index in [4.69, 9.17) is 0 Å². The summed E-state index contributed by atoms with van der Waals surface area (Å²) in [5.41, 5.74) is 1.93. The van der Waals surface area contributed by atoms with Crippen molar-refractivity contribution in [3.63, 3.8) is 0 Å². The number of likely N-dealkylation sites (N-methyl/N-ethyl adjacent to an activating group) is 1. The maximum Gasteiger partial charge on any atom is 0.273 e. The summed E-state index contributed by atoms with van der Waals surface area (Å²) in [4.78, 5) is 24.1. The maximum atomic E-state index is 12.3. The summed E-state index contributed by atoms with van der Waals surface area (Å²) in [7, 11) is 4.06. The first kappa shape index (κ1) is 17.6. The summed E-state index contributed by atoms with van der Waals surface area (Å²) in [6.45, 7) is 2.10. The number of carbonyl (C=O) groups excluding carboxylic acids is 1. The van der Waals surface area contributed by atoms with Crippen LogP contribution in [0, 0.1) is 17.0 Å². The van der Waals surface area contributed by atoms with Crippen molar-refractivity contribution in [2.24, 2.45) is 0 Å². The van der Waals surface area contributed by atoms with Crippen LogP contribution in [0.3, 0.4) is 0 Å². The van der Waals surface area contributed by atoms with Gasteiger partial charge in [-0.05, 0) is 13.0 Å². The molecule has 0 bridgehead atoms. The van der Waals surface area contributed by atoms with E-state index < -0.39 is 4.92 Å². The van der Waals surface area contributed by atoms with Crippen LogP contribution in [-0.2, 0) is 0 Å². The Morgan fingerprint density at radius 2 is 1.88 bits per heavy atom. The van der Waals surface area contributed by atoms with Crippen molar-refractivity contribution >= 4 is 11.6 Å². The smallest absolute Gasteiger partial charge is 0.273 e. The van der Waals surface area contributed by atoms with Gasteiger partial charge in [-0.25, -0.2) is 0 Å². The lowest BCUT2D eigenvalue weighted by atomic mass is 10.1. The lowest BCUT2D eigenvalue weighted by molar-refractivity contribution is -0.890. The molecule has 126 valence electrons. The van der Waals surface area contributed by atoms with Crippen molar-refractivity contribution in [1.29, 1.82) is 0 Å². The minimum atomic E-state index is -0.469. The zero-order valence-corrected chi connectivity index (χ0v) is 14.1. The number of benzene rings is 2. The van der Waals surface area contributed by atoms with Crippen molar-refractivity contribution < 1.29 is 14.6 Å². The summed E-state index contributed by atoms with van der Waals surface area (Å²) in [6.07, 6.45) is 0. The van der Waals surface area contributed by atoms with E-state index in [0.29, 0.717) is 17.7 Å². The first-order chi connectivity index (χ1) is 11.4. The van der Waals surface area contributed by atoms with Gasteiger partial charge in [0.15, 0.2) is 0 Å². The summed E-state index contributed by atoms with van der Waals surface area (Å²) < 4.78 is 0. The highest BCUT2D eigenvalue weighted by molar-refractivity contribution is 5.95. The largest absolute Gasteiger partial charge is 0.346 e. The van der Waals surface area contributed by atoms with E-state index in [1.807, 2.05) is 44.4 Å². The molecule has 0 heterocycles. The normalized spacial score (nSPS) is 12.0. The average molecular weight is 328 g/mol. The number of hydrogen-bond donors (Lipinski definition) is 2. The molecule has 24 heavy (non-hydrogen) atoms. The topological polar surface area (TPSA) is 76.7 Å². The molecule has 0 aliphatic carbocycles. The molecular formula is C18H22N3O3+. The van der Waals surface area contributed by atoms with Crippen LogP contribution in [0.15, 0.2) is 48.5 Å². The molecule has 0 aliphatic heterocycles. The molecule has 6 nitrogen and oxygen atoms in total. The Kier molecular flexibility index (Phi) is 5.65. The zero-order chi connectivity index (χ0) is 17.7. The Bertz CT molecular complexity index is 730. The third-order valence-electron chi connectivity index (χ3n) is 4.03. The van der Waals surface area contributed by atoms with Crippen molar-refractivity contribution in [1.82, 2.24) is 5.32 Å². The van der Waals surface area contributed by atoms with Gasteiger partial charge in [0.2, 0.25) is 0 Å². The minimum Gasteiger partial charge on any atom is -0.346 e. The molecule has 0 unspecified atom stereocenters. The number of nitrogens with one attached hydrogen (secondary N) is 2. The number of rotatable bonds is 6. The lowest BCUT2D eigenvalue weighted by Crippen LogP contribution is -3.07. The fourth-order valence-electron chi connectivity index (χ4n) is 2.58. The molecule has 1 amide bonds. The molecule has 0 saturated carbocycles. The Morgan fingerprint density at radius 3 is 2.46 bits per heavy atom. The Hall–Kier alpha value is -2.73. The van der Waals surface area contributed by atoms with Gasteiger partial charge in [0, 0.05) is 22.8 Å². The van der Waals surface area contributed by atoms with Crippen LogP contribution < -0.4 is 10.2 Å². The van der Waals surface area contributed by atoms with E-state index in [0.717, 1.165) is 5.56 Å². The Balaban J connectivity index is 2.12. The van der Waals surface area contributed by atoms with E-state index in [2.05, 4.69) is 5.32 Å². The minimum absolute atomic E-state index is 0.0412. The van der Waals surface area contributed by atoms with E-state index in [-0.39, 0.29) is 17.6 Å². The maximum absolute atomic E-state index is 12.3. The SMILES string of the molecule is Cc1ccc(C(=O)NC[C@H](c2ccccc2)[NH+](C)C)cc1[N+](=O)[O-]. The molecule has 2 rings (SSSR count). The second-order valence-electron chi connectivity index (χ2n) is 6.01. The van der Waals surface area contributed by atoms with Crippen LogP contribution >= 0.6 is 0 Å². The van der Waals surface area contributed by atoms with Gasteiger partial charge in [-0.1, -0.05) is 36.4 Å². The predicted octanol–water partition coefficient (Wildman–Crippen LogP) is 1.52. The van der Waals surface area contributed by atoms with E-state index in [1.54, 1.807) is 19.1 Å². The lowest BCUT2D eigenvalue weighted by Gasteiger charge is -2.22. The van der Waals surface area contributed by atoms with Crippen LogP contribution in [0.5, 0.6) is 0 Å². The molecule has 2 aromatic rings. The van der Waals surface area contributed by atoms with Gasteiger partial charge < -0.3 is 10.2 Å².